The van der Waals surface area contributed by atoms with Crippen LogP contribution in [0.1, 0.15) is 30.5 Å². The quantitative estimate of drug-likeness (QED) is 0.477. The monoisotopic (exact) mass is 485 g/mol. The van der Waals surface area contributed by atoms with E-state index in [-0.39, 0.29) is 12.2 Å². The van der Waals surface area contributed by atoms with Crippen molar-refractivity contribution in [3.05, 3.63) is 45.7 Å². The second-order valence-electron chi connectivity index (χ2n) is 8.06. The minimum absolute atomic E-state index is 0.186. The number of halogens is 4. The van der Waals surface area contributed by atoms with E-state index in [1.165, 1.54) is 0 Å². The zero-order valence-corrected chi connectivity index (χ0v) is 19.1. The number of fused-ring (bicyclic) bond motifs is 1. The van der Waals surface area contributed by atoms with E-state index in [0.29, 0.717) is 27.9 Å². The van der Waals surface area contributed by atoms with Gasteiger partial charge in [0.05, 0.1) is 6.04 Å². The van der Waals surface area contributed by atoms with Gasteiger partial charge >= 0.3 is 6.18 Å². The lowest BCUT2D eigenvalue weighted by molar-refractivity contribution is -0.173. The molecule has 0 spiro atoms. The van der Waals surface area contributed by atoms with Crippen LogP contribution >= 0.6 is 23.8 Å². The first-order valence-corrected chi connectivity index (χ1v) is 10.9. The second-order valence-corrected chi connectivity index (χ2v) is 8.88. The highest BCUT2D eigenvalue weighted by Crippen LogP contribution is 2.44. The van der Waals surface area contributed by atoms with Crippen molar-refractivity contribution in [1.82, 2.24) is 29.4 Å². The summed E-state index contributed by atoms with van der Waals surface area (Å²) in [4.78, 5) is 2.05. The van der Waals surface area contributed by atoms with Gasteiger partial charge in [-0.25, -0.2) is 4.68 Å². The highest BCUT2D eigenvalue weighted by molar-refractivity contribution is 7.71. The van der Waals surface area contributed by atoms with Crippen LogP contribution in [0.15, 0.2) is 30.3 Å². The Morgan fingerprint density at radius 2 is 1.97 bits per heavy atom. The molecule has 2 N–H and O–H groups in total. The lowest BCUT2D eigenvalue weighted by atomic mass is 9.97. The summed E-state index contributed by atoms with van der Waals surface area (Å²) in [5, 5.41) is 15.0. The molecule has 1 aliphatic heterocycles. The van der Waals surface area contributed by atoms with E-state index < -0.39 is 18.3 Å². The van der Waals surface area contributed by atoms with Gasteiger partial charge in [-0.15, -0.1) is 0 Å². The molecule has 0 amide bonds. The molecule has 12 heteroatoms. The molecule has 172 valence electrons. The van der Waals surface area contributed by atoms with Gasteiger partial charge in [-0.05, 0) is 57.0 Å². The van der Waals surface area contributed by atoms with Crippen molar-refractivity contribution in [2.24, 2.45) is 0 Å². The van der Waals surface area contributed by atoms with Crippen LogP contribution in [0.25, 0.3) is 11.5 Å². The van der Waals surface area contributed by atoms with Crippen molar-refractivity contribution < 1.29 is 13.2 Å². The first-order chi connectivity index (χ1) is 15.1. The molecule has 1 aliphatic rings. The molecule has 0 bridgehead atoms. The number of hydrogen-bond donors (Lipinski definition) is 2. The zero-order valence-electron chi connectivity index (χ0n) is 17.5. The fourth-order valence-electron chi connectivity index (χ4n) is 3.86. The van der Waals surface area contributed by atoms with Crippen molar-refractivity contribution >= 4 is 29.6 Å². The molecule has 0 saturated heterocycles. The van der Waals surface area contributed by atoms with Crippen LogP contribution in [0, 0.1) is 4.77 Å². The number of aromatic amines is 1. The lowest BCUT2D eigenvalue weighted by Gasteiger charge is -2.33. The van der Waals surface area contributed by atoms with E-state index in [1.807, 2.05) is 19.0 Å². The first-order valence-electron chi connectivity index (χ1n) is 10.1. The smallest absolute Gasteiger partial charge is 0.363 e. The summed E-state index contributed by atoms with van der Waals surface area (Å²) in [6.45, 7) is 1.42. The number of nitrogens with one attached hydrogen (secondary N) is 2. The number of nitrogens with zero attached hydrogens (tertiary/aromatic N) is 5. The molecule has 0 fully saturated rings. The number of benzene rings is 1. The highest BCUT2D eigenvalue weighted by atomic mass is 35.5. The molecular weight excluding hydrogens is 463 g/mol. The van der Waals surface area contributed by atoms with Gasteiger partial charge in [-0.1, -0.05) is 23.7 Å². The van der Waals surface area contributed by atoms with E-state index in [2.05, 4.69) is 20.6 Å². The third-order valence-electron chi connectivity index (χ3n) is 5.44. The van der Waals surface area contributed by atoms with Crippen LogP contribution in [-0.4, -0.2) is 56.3 Å². The van der Waals surface area contributed by atoms with Gasteiger partial charge < -0.3 is 10.2 Å². The summed E-state index contributed by atoms with van der Waals surface area (Å²) in [7, 11) is 3.94. The molecule has 7 nitrogen and oxygen atoms in total. The number of rotatable bonds is 6. The van der Waals surface area contributed by atoms with Crippen LogP contribution in [-0.2, 0) is 6.54 Å². The van der Waals surface area contributed by atoms with E-state index in [0.717, 1.165) is 23.2 Å². The number of alkyl halides is 3. The van der Waals surface area contributed by atoms with Gasteiger partial charge in [0.15, 0.2) is 16.6 Å². The summed E-state index contributed by atoms with van der Waals surface area (Å²) in [6, 6.07) is 6.10. The van der Waals surface area contributed by atoms with Gasteiger partial charge in [0.2, 0.25) is 0 Å². The minimum Gasteiger partial charge on any atom is -0.363 e. The Kier molecular flexibility index (Phi) is 6.33. The van der Waals surface area contributed by atoms with Crippen LogP contribution < -0.4 is 5.32 Å². The summed E-state index contributed by atoms with van der Waals surface area (Å²) in [6.07, 6.45) is -3.83. The van der Waals surface area contributed by atoms with Gasteiger partial charge in [-0.3, -0.25) is 9.67 Å². The van der Waals surface area contributed by atoms with Crippen molar-refractivity contribution in [1.29, 1.82) is 0 Å². The molecular formula is C20H23ClF3N7S. The topological polar surface area (TPSA) is 66.7 Å². The van der Waals surface area contributed by atoms with E-state index in [1.54, 1.807) is 34.9 Å². The average Bonchev–Trinajstić information content (AvgIpc) is 3.30. The number of hydrogen-bond acceptors (Lipinski definition) is 5. The molecule has 2 aromatic heterocycles. The first kappa shape index (κ1) is 22.8. The molecule has 32 heavy (non-hydrogen) atoms. The van der Waals surface area contributed by atoms with Crippen LogP contribution in [0.3, 0.4) is 0 Å². The standard InChI is InChI=1S/C20H23ClF3N7S/c1-29(2)8-3-9-30-18(26-27-19(30)32)15-11-17-25-14(12-4-6-13(21)7-5-12)10-16(20(22,23)24)31(17)28-15/h4-7,11,14,16,25H,3,8-10H2,1-2H3,(H,27,32)/t14-,16+/m0/s1. The van der Waals surface area contributed by atoms with Crippen LogP contribution in [0.2, 0.25) is 5.02 Å². The predicted molar refractivity (Wildman–Crippen MR) is 119 cm³/mol. The van der Waals surface area contributed by atoms with Crippen LogP contribution in [0.5, 0.6) is 0 Å². The molecule has 0 saturated carbocycles. The summed E-state index contributed by atoms with van der Waals surface area (Å²) in [5.74, 6) is 0.698. The lowest BCUT2D eigenvalue weighted by Crippen LogP contribution is -2.35. The van der Waals surface area contributed by atoms with Gasteiger partial charge in [0.25, 0.3) is 0 Å². The summed E-state index contributed by atoms with van der Waals surface area (Å²) < 4.78 is 45.0. The summed E-state index contributed by atoms with van der Waals surface area (Å²) in [5.41, 5.74) is 1.06. The van der Waals surface area contributed by atoms with Crippen molar-refractivity contribution in [3.63, 3.8) is 0 Å². The van der Waals surface area contributed by atoms with Gasteiger partial charge in [0, 0.05) is 24.1 Å². The molecule has 3 heterocycles. The Hall–Kier alpha value is -2.37. The van der Waals surface area contributed by atoms with Crippen LogP contribution in [0.4, 0.5) is 19.0 Å². The fraction of sp³-hybridized carbons (Fsp3) is 0.450. The number of aromatic nitrogens is 5. The number of H-pyrrole nitrogens is 1. The minimum atomic E-state index is -4.46. The maximum Gasteiger partial charge on any atom is 0.410 e. The Balaban J connectivity index is 1.69. The van der Waals surface area contributed by atoms with E-state index in [4.69, 9.17) is 23.8 Å². The second kappa shape index (κ2) is 8.87. The Morgan fingerprint density at radius 1 is 1.25 bits per heavy atom. The maximum atomic E-state index is 14.0. The highest BCUT2D eigenvalue weighted by Gasteiger charge is 2.46. The molecule has 3 aromatic rings. The Bertz CT molecular complexity index is 1130. The largest absolute Gasteiger partial charge is 0.410 e. The predicted octanol–water partition coefficient (Wildman–Crippen LogP) is 5.07. The molecule has 0 unspecified atom stereocenters. The normalized spacial score (nSPS) is 18.6. The van der Waals surface area contributed by atoms with Crippen molar-refractivity contribution in [2.45, 2.75) is 37.6 Å². The molecule has 0 radical (unpaired) electrons. The summed E-state index contributed by atoms with van der Waals surface area (Å²) >= 11 is 11.3. The third kappa shape index (κ3) is 4.69. The Morgan fingerprint density at radius 3 is 2.62 bits per heavy atom. The SMILES string of the molecule is CN(C)CCCn1c(-c2cc3n(n2)[C@@H](C(F)(F)F)C[C@@H](c2ccc(Cl)cc2)N3)n[nH]c1=S. The molecule has 1 aromatic carbocycles. The van der Waals surface area contributed by atoms with E-state index >= 15 is 0 Å². The van der Waals surface area contributed by atoms with Crippen molar-refractivity contribution in [3.8, 4) is 11.5 Å². The van der Waals surface area contributed by atoms with Crippen molar-refractivity contribution in [2.75, 3.05) is 26.0 Å². The third-order valence-corrected chi connectivity index (χ3v) is 6.00. The maximum absolute atomic E-state index is 14.0. The zero-order chi connectivity index (χ0) is 23.0. The average molecular weight is 486 g/mol. The number of anilines is 1. The van der Waals surface area contributed by atoms with Gasteiger partial charge in [0.1, 0.15) is 11.5 Å². The molecule has 4 rings (SSSR count). The fourth-order valence-corrected chi connectivity index (χ4v) is 4.21. The Labute approximate surface area is 193 Å². The molecule has 0 aliphatic carbocycles. The molecule has 2 atom stereocenters. The van der Waals surface area contributed by atoms with Gasteiger partial charge in [-0.2, -0.15) is 23.4 Å². The van der Waals surface area contributed by atoms with E-state index in [9.17, 15) is 13.2 Å².